The number of fused-ring (bicyclic) bond motifs is 1. The van der Waals surface area contributed by atoms with Gasteiger partial charge in [0, 0.05) is 39.2 Å². The zero-order valence-corrected chi connectivity index (χ0v) is 12.0. The number of hydrogen-bond acceptors (Lipinski definition) is 4. The molecule has 1 atom stereocenters. The topological polar surface area (TPSA) is 96.7 Å². The zero-order valence-electron chi connectivity index (χ0n) is 12.0. The van der Waals surface area contributed by atoms with E-state index in [0.717, 1.165) is 5.82 Å². The molecule has 0 aromatic carbocycles. The van der Waals surface area contributed by atoms with Gasteiger partial charge in [0.1, 0.15) is 11.9 Å². The van der Waals surface area contributed by atoms with E-state index in [4.69, 9.17) is 9.84 Å². The van der Waals surface area contributed by atoms with Crippen LogP contribution in [-0.2, 0) is 22.6 Å². The fourth-order valence-electron chi connectivity index (χ4n) is 2.28. The summed E-state index contributed by atoms with van der Waals surface area (Å²) in [5, 5.41) is 11.7. The number of nitrogens with one attached hydrogen (secondary N) is 1. The van der Waals surface area contributed by atoms with E-state index >= 15 is 0 Å². The van der Waals surface area contributed by atoms with E-state index in [1.54, 1.807) is 18.2 Å². The SMILES string of the molecule is COCCCC(NC(=O)N1CCn2ccnc2C1)C(=O)O. The number of nitrogens with zero attached hydrogens (tertiary/aromatic N) is 3. The van der Waals surface area contributed by atoms with E-state index in [2.05, 4.69) is 10.3 Å². The molecular formula is C13H20N4O4. The molecule has 0 spiro atoms. The number of methoxy groups -OCH3 is 1. The van der Waals surface area contributed by atoms with E-state index < -0.39 is 12.0 Å². The maximum absolute atomic E-state index is 12.2. The summed E-state index contributed by atoms with van der Waals surface area (Å²) in [6.07, 6.45) is 4.49. The zero-order chi connectivity index (χ0) is 15.2. The van der Waals surface area contributed by atoms with Crippen LogP contribution in [0, 0.1) is 0 Å². The van der Waals surface area contributed by atoms with Crippen molar-refractivity contribution < 1.29 is 19.4 Å². The molecule has 1 aliphatic heterocycles. The Kier molecular flexibility index (Phi) is 5.15. The highest BCUT2D eigenvalue weighted by molar-refractivity contribution is 5.82. The lowest BCUT2D eigenvalue weighted by atomic mass is 10.1. The quantitative estimate of drug-likeness (QED) is 0.735. The van der Waals surface area contributed by atoms with Crippen LogP contribution in [0.2, 0.25) is 0 Å². The molecule has 0 saturated carbocycles. The Labute approximate surface area is 122 Å². The second-order valence-electron chi connectivity index (χ2n) is 4.93. The lowest BCUT2D eigenvalue weighted by Gasteiger charge is -2.29. The molecule has 2 heterocycles. The molecule has 8 heteroatoms. The molecule has 8 nitrogen and oxygen atoms in total. The van der Waals surface area contributed by atoms with Crippen molar-refractivity contribution in [1.82, 2.24) is 19.8 Å². The van der Waals surface area contributed by atoms with Crippen LogP contribution in [0.15, 0.2) is 12.4 Å². The van der Waals surface area contributed by atoms with Gasteiger partial charge in [0.15, 0.2) is 0 Å². The molecule has 116 valence electrons. The number of imidazole rings is 1. The van der Waals surface area contributed by atoms with E-state index in [1.807, 2.05) is 10.8 Å². The summed E-state index contributed by atoms with van der Waals surface area (Å²) >= 11 is 0. The highest BCUT2D eigenvalue weighted by Gasteiger charge is 2.25. The number of ether oxygens (including phenoxy) is 1. The minimum atomic E-state index is -1.03. The summed E-state index contributed by atoms with van der Waals surface area (Å²) in [7, 11) is 1.56. The number of carbonyl (C=O) groups is 2. The molecule has 0 aliphatic carbocycles. The number of amides is 2. The Morgan fingerprint density at radius 1 is 1.52 bits per heavy atom. The van der Waals surface area contributed by atoms with Gasteiger partial charge in [0.25, 0.3) is 0 Å². The summed E-state index contributed by atoms with van der Waals surface area (Å²) in [6, 6.07) is -1.26. The summed E-state index contributed by atoms with van der Waals surface area (Å²) in [6.45, 7) is 2.08. The Morgan fingerprint density at radius 2 is 2.33 bits per heavy atom. The first-order valence-electron chi connectivity index (χ1n) is 6.89. The van der Waals surface area contributed by atoms with Gasteiger partial charge in [-0.25, -0.2) is 14.6 Å². The van der Waals surface area contributed by atoms with Crippen molar-refractivity contribution in [3.05, 3.63) is 18.2 Å². The smallest absolute Gasteiger partial charge is 0.326 e. The molecule has 2 N–H and O–H groups in total. The number of rotatable bonds is 6. The van der Waals surface area contributed by atoms with Crippen molar-refractivity contribution >= 4 is 12.0 Å². The lowest BCUT2D eigenvalue weighted by molar-refractivity contribution is -0.139. The summed E-state index contributed by atoms with van der Waals surface area (Å²) in [5.74, 6) is -0.222. The van der Waals surface area contributed by atoms with Crippen molar-refractivity contribution in [3.63, 3.8) is 0 Å². The standard InChI is InChI=1S/C13H20N4O4/c1-21-8-2-3-10(12(18)19)15-13(20)17-7-6-16-5-4-14-11(16)9-17/h4-5,10H,2-3,6-9H2,1H3,(H,15,20)(H,18,19). The van der Waals surface area contributed by atoms with Gasteiger partial charge in [-0.05, 0) is 12.8 Å². The Bertz CT molecular complexity index is 502. The minimum absolute atomic E-state index is 0.345. The van der Waals surface area contributed by atoms with Crippen molar-refractivity contribution in [2.24, 2.45) is 0 Å². The van der Waals surface area contributed by atoms with Crippen molar-refractivity contribution in [2.45, 2.75) is 32.0 Å². The minimum Gasteiger partial charge on any atom is -0.480 e. The van der Waals surface area contributed by atoms with Gasteiger partial charge in [-0.15, -0.1) is 0 Å². The third-order valence-corrected chi connectivity index (χ3v) is 3.47. The number of aromatic nitrogens is 2. The molecule has 0 radical (unpaired) electrons. The van der Waals surface area contributed by atoms with Crippen LogP contribution < -0.4 is 5.32 Å². The van der Waals surface area contributed by atoms with Crippen LogP contribution in [0.1, 0.15) is 18.7 Å². The predicted molar refractivity (Wildman–Crippen MR) is 73.7 cm³/mol. The van der Waals surface area contributed by atoms with Gasteiger partial charge in [0.2, 0.25) is 0 Å². The average molecular weight is 296 g/mol. The number of urea groups is 1. The molecule has 1 unspecified atom stereocenters. The van der Waals surface area contributed by atoms with Crippen LogP contribution in [0.5, 0.6) is 0 Å². The van der Waals surface area contributed by atoms with Crippen LogP contribution in [-0.4, -0.2) is 57.9 Å². The van der Waals surface area contributed by atoms with Gasteiger partial charge >= 0.3 is 12.0 Å². The largest absolute Gasteiger partial charge is 0.480 e. The van der Waals surface area contributed by atoms with E-state index in [-0.39, 0.29) is 6.03 Å². The summed E-state index contributed by atoms with van der Waals surface area (Å²) in [4.78, 5) is 29.1. The lowest BCUT2D eigenvalue weighted by Crippen LogP contribution is -2.50. The maximum atomic E-state index is 12.2. The predicted octanol–water partition coefficient (Wildman–Crippen LogP) is 0.288. The average Bonchev–Trinajstić information content (AvgIpc) is 2.93. The van der Waals surface area contributed by atoms with Gasteiger partial charge in [-0.2, -0.15) is 0 Å². The number of carboxylic acid groups (broad SMARTS) is 1. The summed E-state index contributed by atoms with van der Waals surface area (Å²) in [5.41, 5.74) is 0. The third kappa shape index (κ3) is 3.94. The van der Waals surface area contributed by atoms with Gasteiger partial charge < -0.3 is 24.6 Å². The second-order valence-corrected chi connectivity index (χ2v) is 4.93. The number of carboxylic acids is 1. The number of aliphatic carboxylic acids is 1. The molecule has 1 aliphatic rings. The first kappa shape index (κ1) is 15.3. The molecule has 21 heavy (non-hydrogen) atoms. The fourth-order valence-corrected chi connectivity index (χ4v) is 2.28. The highest BCUT2D eigenvalue weighted by atomic mass is 16.5. The van der Waals surface area contributed by atoms with E-state index in [1.165, 1.54) is 0 Å². The van der Waals surface area contributed by atoms with Gasteiger partial charge in [0.05, 0.1) is 6.54 Å². The van der Waals surface area contributed by atoms with Crippen LogP contribution in [0.25, 0.3) is 0 Å². The van der Waals surface area contributed by atoms with Crippen LogP contribution in [0.4, 0.5) is 4.79 Å². The second kappa shape index (κ2) is 7.07. The maximum Gasteiger partial charge on any atom is 0.326 e. The molecule has 2 amide bonds. The monoisotopic (exact) mass is 296 g/mol. The van der Waals surface area contributed by atoms with Crippen LogP contribution in [0.3, 0.4) is 0 Å². The first-order valence-corrected chi connectivity index (χ1v) is 6.89. The van der Waals surface area contributed by atoms with Crippen LogP contribution >= 0.6 is 0 Å². The Hall–Kier alpha value is -2.09. The van der Waals surface area contributed by atoms with Gasteiger partial charge in [-0.1, -0.05) is 0 Å². The molecule has 0 saturated heterocycles. The highest BCUT2D eigenvalue weighted by Crippen LogP contribution is 2.10. The van der Waals surface area contributed by atoms with E-state index in [9.17, 15) is 9.59 Å². The van der Waals surface area contributed by atoms with Crippen molar-refractivity contribution in [2.75, 3.05) is 20.3 Å². The summed E-state index contributed by atoms with van der Waals surface area (Å²) < 4.78 is 6.88. The van der Waals surface area contributed by atoms with Crippen molar-refractivity contribution in [1.29, 1.82) is 0 Å². The van der Waals surface area contributed by atoms with Gasteiger partial charge in [-0.3, -0.25) is 0 Å². The third-order valence-electron chi connectivity index (χ3n) is 3.47. The fraction of sp³-hybridized carbons (Fsp3) is 0.615. The normalized spacial score (nSPS) is 15.4. The molecule has 0 fully saturated rings. The number of carbonyl (C=O) groups excluding carboxylic acids is 1. The first-order chi connectivity index (χ1) is 10.1. The molecule has 1 aromatic heterocycles. The number of hydrogen-bond donors (Lipinski definition) is 2. The molecule has 0 bridgehead atoms. The van der Waals surface area contributed by atoms with E-state index in [0.29, 0.717) is 39.1 Å². The Balaban J connectivity index is 1.89. The van der Waals surface area contributed by atoms with Crippen molar-refractivity contribution in [3.8, 4) is 0 Å². The molecule has 2 rings (SSSR count). The molecular weight excluding hydrogens is 276 g/mol. The Morgan fingerprint density at radius 3 is 3.05 bits per heavy atom. The molecule has 1 aromatic rings.